The first kappa shape index (κ1) is 22.3. The van der Waals surface area contributed by atoms with Crippen LogP contribution in [0.1, 0.15) is 5.56 Å². The second-order valence-electron chi connectivity index (χ2n) is 6.16. The normalized spacial score (nSPS) is 11.3. The molecule has 0 aliphatic heterocycles. The minimum Gasteiger partial charge on any atom is -0.493 e. The van der Waals surface area contributed by atoms with Gasteiger partial charge in [0.1, 0.15) is 0 Å². The molecule has 30 heavy (non-hydrogen) atoms. The van der Waals surface area contributed by atoms with Crippen LogP contribution < -0.4 is 15.0 Å². The predicted octanol–water partition coefficient (Wildman–Crippen LogP) is 4.60. The van der Waals surface area contributed by atoms with E-state index in [4.69, 9.17) is 21.1 Å². The standard InChI is InChI=1S/C20H19ClF2N2O4S/c1-27-8-7-25-18(26)14-5-4-13(21)10-15(14)24-20(25)30-11-12-3-6-16(29-19(22)23)17(9-12)28-2/h3-6,9-10,19H,7-8,11H2,1-2H3. The summed E-state index contributed by atoms with van der Waals surface area (Å²) in [6.45, 7) is -2.25. The Hall–Kier alpha value is -2.36. The molecule has 0 saturated heterocycles. The molecular weight excluding hydrogens is 438 g/mol. The fraction of sp³-hybridized carbons (Fsp3) is 0.300. The number of hydrogen-bond donors (Lipinski definition) is 0. The van der Waals surface area contributed by atoms with Crippen LogP contribution >= 0.6 is 23.4 Å². The van der Waals surface area contributed by atoms with Crippen LogP contribution in [0.2, 0.25) is 5.02 Å². The molecule has 0 unspecified atom stereocenters. The highest BCUT2D eigenvalue weighted by Crippen LogP contribution is 2.32. The van der Waals surface area contributed by atoms with Crippen molar-refractivity contribution in [3.63, 3.8) is 0 Å². The summed E-state index contributed by atoms with van der Waals surface area (Å²) in [4.78, 5) is 17.5. The first-order valence-electron chi connectivity index (χ1n) is 8.86. The summed E-state index contributed by atoms with van der Waals surface area (Å²) in [5.41, 5.74) is 1.11. The number of fused-ring (bicyclic) bond motifs is 1. The fourth-order valence-corrected chi connectivity index (χ4v) is 3.94. The lowest BCUT2D eigenvalue weighted by Crippen LogP contribution is -2.25. The van der Waals surface area contributed by atoms with Gasteiger partial charge in [0, 0.05) is 17.9 Å². The van der Waals surface area contributed by atoms with E-state index < -0.39 is 6.61 Å². The van der Waals surface area contributed by atoms with Gasteiger partial charge in [0.2, 0.25) is 0 Å². The highest BCUT2D eigenvalue weighted by molar-refractivity contribution is 7.98. The van der Waals surface area contributed by atoms with Crippen LogP contribution in [0.3, 0.4) is 0 Å². The molecule has 1 aromatic heterocycles. The van der Waals surface area contributed by atoms with Crippen molar-refractivity contribution in [2.75, 3.05) is 20.8 Å². The number of nitrogens with zero attached hydrogens (tertiary/aromatic N) is 2. The third kappa shape index (κ3) is 5.21. The zero-order chi connectivity index (χ0) is 21.7. The number of alkyl halides is 2. The second kappa shape index (κ2) is 10.1. The topological polar surface area (TPSA) is 62.6 Å². The van der Waals surface area contributed by atoms with E-state index >= 15 is 0 Å². The van der Waals surface area contributed by atoms with E-state index in [0.29, 0.717) is 40.0 Å². The quantitative estimate of drug-likeness (QED) is 0.346. The van der Waals surface area contributed by atoms with Crippen molar-refractivity contribution < 1.29 is 23.0 Å². The number of ether oxygens (including phenoxy) is 3. The highest BCUT2D eigenvalue weighted by Gasteiger charge is 2.14. The molecule has 2 aromatic carbocycles. The summed E-state index contributed by atoms with van der Waals surface area (Å²) in [7, 11) is 2.93. The van der Waals surface area contributed by atoms with Crippen molar-refractivity contribution in [2.24, 2.45) is 0 Å². The molecule has 10 heteroatoms. The van der Waals surface area contributed by atoms with Crippen LogP contribution in [0.5, 0.6) is 11.5 Å². The van der Waals surface area contributed by atoms with Crippen molar-refractivity contribution in [2.45, 2.75) is 24.1 Å². The summed E-state index contributed by atoms with van der Waals surface area (Å²) in [6.07, 6.45) is 0. The second-order valence-corrected chi connectivity index (χ2v) is 7.54. The van der Waals surface area contributed by atoms with Gasteiger partial charge in [-0.2, -0.15) is 8.78 Å². The lowest BCUT2D eigenvalue weighted by atomic mass is 10.2. The van der Waals surface area contributed by atoms with Gasteiger partial charge in [0.05, 0.1) is 31.2 Å². The summed E-state index contributed by atoms with van der Waals surface area (Å²) >= 11 is 7.38. The van der Waals surface area contributed by atoms with Crippen LogP contribution in [-0.2, 0) is 17.0 Å². The van der Waals surface area contributed by atoms with E-state index in [2.05, 4.69) is 9.72 Å². The molecule has 160 valence electrons. The smallest absolute Gasteiger partial charge is 0.387 e. The van der Waals surface area contributed by atoms with Gasteiger partial charge in [-0.05, 0) is 35.9 Å². The Balaban J connectivity index is 1.91. The zero-order valence-corrected chi connectivity index (χ0v) is 17.8. The molecule has 0 aliphatic carbocycles. The van der Waals surface area contributed by atoms with Crippen LogP contribution in [0, 0.1) is 0 Å². The molecule has 0 amide bonds. The molecule has 0 spiro atoms. The first-order valence-corrected chi connectivity index (χ1v) is 10.2. The van der Waals surface area contributed by atoms with Crippen LogP contribution in [-0.4, -0.2) is 37.0 Å². The van der Waals surface area contributed by atoms with Gasteiger partial charge in [0.15, 0.2) is 16.7 Å². The van der Waals surface area contributed by atoms with E-state index in [1.165, 1.54) is 24.9 Å². The van der Waals surface area contributed by atoms with Crippen molar-refractivity contribution in [1.82, 2.24) is 9.55 Å². The molecule has 3 rings (SSSR count). The summed E-state index contributed by atoms with van der Waals surface area (Å²) in [5.74, 6) is 0.580. The average Bonchev–Trinajstić information content (AvgIpc) is 2.71. The Morgan fingerprint density at radius 3 is 2.67 bits per heavy atom. The Morgan fingerprint density at radius 2 is 1.97 bits per heavy atom. The Morgan fingerprint density at radius 1 is 1.17 bits per heavy atom. The van der Waals surface area contributed by atoms with E-state index in [9.17, 15) is 13.6 Å². The minimum absolute atomic E-state index is 0.0447. The van der Waals surface area contributed by atoms with Crippen molar-refractivity contribution in [3.8, 4) is 11.5 Å². The van der Waals surface area contributed by atoms with Gasteiger partial charge < -0.3 is 14.2 Å². The van der Waals surface area contributed by atoms with E-state index in [0.717, 1.165) is 5.56 Å². The number of aromatic nitrogens is 2. The Kier molecular flexibility index (Phi) is 7.52. The Labute approximate surface area is 180 Å². The minimum atomic E-state index is -2.94. The van der Waals surface area contributed by atoms with Gasteiger partial charge in [-0.15, -0.1) is 0 Å². The summed E-state index contributed by atoms with van der Waals surface area (Å²) in [6, 6.07) is 9.63. The predicted molar refractivity (Wildman–Crippen MR) is 112 cm³/mol. The molecule has 0 radical (unpaired) electrons. The SMILES string of the molecule is COCCn1c(SCc2ccc(OC(F)F)c(OC)c2)nc2cc(Cl)ccc2c1=O. The molecule has 0 fully saturated rings. The molecule has 6 nitrogen and oxygen atoms in total. The molecule has 0 aliphatic rings. The third-order valence-electron chi connectivity index (χ3n) is 4.21. The number of thioether (sulfide) groups is 1. The lowest BCUT2D eigenvalue weighted by Gasteiger charge is -2.14. The first-order chi connectivity index (χ1) is 14.4. The molecule has 0 atom stereocenters. The van der Waals surface area contributed by atoms with Gasteiger partial charge >= 0.3 is 6.61 Å². The maximum absolute atomic E-state index is 12.9. The lowest BCUT2D eigenvalue weighted by molar-refractivity contribution is -0.0512. The average molecular weight is 457 g/mol. The van der Waals surface area contributed by atoms with Crippen molar-refractivity contribution in [3.05, 3.63) is 57.3 Å². The maximum atomic E-state index is 12.9. The zero-order valence-electron chi connectivity index (χ0n) is 16.2. The van der Waals surface area contributed by atoms with Crippen molar-refractivity contribution in [1.29, 1.82) is 0 Å². The molecule has 0 bridgehead atoms. The van der Waals surface area contributed by atoms with E-state index in [1.807, 2.05) is 0 Å². The van der Waals surface area contributed by atoms with Gasteiger partial charge in [-0.25, -0.2) is 4.98 Å². The summed E-state index contributed by atoms with van der Waals surface area (Å²) < 4.78 is 41.3. The number of hydrogen-bond acceptors (Lipinski definition) is 6. The fourth-order valence-electron chi connectivity index (χ4n) is 2.81. The number of rotatable bonds is 9. The van der Waals surface area contributed by atoms with Gasteiger partial charge in [0.25, 0.3) is 5.56 Å². The monoisotopic (exact) mass is 456 g/mol. The van der Waals surface area contributed by atoms with Crippen LogP contribution in [0.4, 0.5) is 8.78 Å². The molecule has 3 aromatic rings. The molecule has 0 N–H and O–H groups in total. The molecular formula is C20H19ClF2N2O4S. The number of benzene rings is 2. The number of halogens is 3. The maximum Gasteiger partial charge on any atom is 0.387 e. The molecule has 1 heterocycles. The number of methoxy groups -OCH3 is 2. The van der Waals surface area contributed by atoms with Gasteiger partial charge in [-0.1, -0.05) is 29.4 Å². The Bertz CT molecular complexity index is 1090. The molecule has 0 saturated carbocycles. The summed E-state index contributed by atoms with van der Waals surface area (Å²) in [5, 5.41) is 1.45. The third-order valence-corrected chi connectivity index (χ3v) is 5.50. The van der Waals surface area contributed by atoms with Crippen molar-refractivity contribution >= 4 is 34.3 Å². The van der Waals surface area contributed by atoms with E-state index in [1.54, 1.807) is 42.0 Å². The largest absolute Gasteiger partial charge is 0.493 e. The highest BCUT2D eigenvalue weighted by atomic mass is 35.5. The van der Waals surface area contributed by atoms with Crippen LogP contribution in [0.25, 0.3) is 10.9 Å². The van der Waals surface area contributed by atoms with Gasteiger partial charge in [-0.3, -0.25) is 9.36 Å². The van der Waals surface area contributed by atoms with E-state index in [-0.39, 0.29) is 17.1 Å². The van der Waals surface area contributed by atoms with Crippen LogP contribution in [0.15, 0.2) is 46.3 Å².